The fraction of sp³-hybridized carbons (Fsp3) is 0.296. The third-order valence-corrected chi connectivity index (χ3v) is 8.35. The van der Waals surface area contributed by atoms with Crippen LogP contribution in [0.4, 0.5) is 0 Å². The summed E-state index contributed by atoms with van der Waals surface area (Å²) < 4.78 is 25.2. The molecule has 1 saturated carbocycles. The first-order valence-electron chi connectivity index (χ1n) is 11.6. The monoisotopic (exact) mass is 486 g/mol. The van der Waals surface area contributed by atoms with E-state index >= 15 is 0 Å². The number of sulfonamides is 1. The van der Waals surface area contributed by atoms with Crippen LogP contribution in [0.1, 0.15) is 34.3 Å². The SMILES string of the molecule is C=Cc1ccc2ncc(C(=O)N3CCN(S(C)(=O)=O)CC3)c(-c3ccc(C4(C#N)CC4)cc3)c2c1. The third-order valence-electron chi connectivity index (χ3n) is 7.04. The Morgan fingerprint density at radius 2 is 1.80 bits per heavy atom. The number of hydrogen-bond donors (Lipinski definition) is 0. The average molecular weight is 487 g/mol. The summed E-state index contributed by atoms with van der Waals surface area (Å²) in [4.78, 5) is 19.9. The number of carbonyl (C=O) groups is 1. The van der Waals surface area contributed by atoms with E-state index in [4.69, 9.17) is 0 Å². The summed E-state index contributed by atoms with van der Waals surface area (Å²) in [7, 11) is -3.29. The maximum atomic E-state index is 13.7. The third kappa shape index (κ3) is 4.22. The molecule has 5 rings (SSSR count). The van der Waals surface area contributed by atoms with E-state index in [9.17, 15) is 18.5 Å². The minimum Gasteiger partial charge on any atom is -0.336 e. The second-order valence-electron chi connectivity index (χ2n) is 9.25. The van der Waals surface area contributed by atoms with Crippen LogP contribution in [0.25, 0.3) is 28.1 Å². The summed E-state index contributed by atoms with van der Waals surface area (Å²) in [6, 6.07) is 16.2. The highest BCUT2D eigenvalue weighted by molar-refractivity contribution is 7.88. The molecule has 1 saturated heterocycles. The van der Waals surface area contributed by atoms with Crippen LogP contribution in [0.5, 0.6) is 0 Å². The number of pyridine rings is 1. The molecule has 0 atom stereocenters. The topological polar surface area (TPSA) is 94.4 Å². The van der Waals surface area contributed by atoms with Crippen LogP contribution in [0, 0.1) is 11.3 Å². The Labute approximate surface area is 205 Å². The van der Waals surface area contributed by atoms with E-state index in [0.29, 0.717) is 18.7 Å². The van der Waals surface area contributed by atoms with E-state index in [2.05, 4.69) is 17.6 Å². The van der Waals surface area contributed by atoms with Gasteiger partial charge in [0, 0.05) is 43.3 Å². The van der Waals surface area contributed by atoms with Crippen molar-refractivity contribution in [3.63, 3.8) is 0 Å². The van der Waals surface area contributed by atoms with Crippen LogP contribution in [0.15, 0.2) is 55.2 Å². The Kier molecular flexibility index (Phi) is 5.70. The largest absolute Gasteiger partial charge is 0.336 e. The Bertz CT molecular complexity index is 1480. The highest BCUT2D eigenvalue weighted by atomic mass is 32.2. The second kappa shape index (κ2) is 8.59. The number of benzene rings is 2. The molecule has 1 aliphatic carbocycles. The molecule has 1 amide bonds. The normalized spacial score (nSPS) is 17.7. The minimum atomic E-state index is -3.29. The van der Waals surface area contributed by atoms with E-state index in [0.717, 1.165) is 46.0 Å². The summed E-state index contributed by atoms with van der Waals surface area (Å²) in [5.41, 5.74) is 4.43. The maximum absolute atomic E-state index is 13.7. The molecule has 2 heterocycles. The molecule has 1 aliphatic heterocycles. The molecule has 2 aromatic carbocycles. The quantitative estimate of drug-likeness (QED) is 0.547. The van der Waals surface area contributed by atoms with E-state index in [-0.39, 0.29) is 24.4 Å². The number of carbonyl (C=O) groups excluding carboxylic acids is 1. The molecule has 2 fully saturated rings. The Hall–Kier alpha value is -3.54. The van der Waals surface area contributed by atoms with Crippen molar-refractivity contribution >= 4 is 32.9 Å². The smallest absolute Gasteiger partial charge is 0.256 e. The number of amides is 1. The van der Waals surface area contributed by atoms with Crippen molar-refractivity contribution in [2.75, 3.05) is 32.4 Å². The number of rotatable bonds is 5. The van der Waals surface area contributed by atoms with Gasteiger partial charge < -0.3 is 4.90 Å². The molecule has 0 unspecified atom stereocenters. The molecule has 0 spiro atoms. The van der Waals surface area contributed by atoms with Gasteiger partial charge in [0.1, 0.15) is 0 Å². The summed E-state index contributed by atoms with van der Waals surface area (Å²) in [6.45, 7) is 5.05. The number of aromatic nitrogens is 1. The zero-order valence-electron chi connectivity index (χ0n) is 19.6. The Balaban J connectivity index is 1.58. The number of piperazine rings is 1. The average Bonchev–Trinajstić information content (AvgIpc) is 3.68. The van der Waals surface area contributed by atoms with Crippen molar-refractivity contribution in [3.05, 3.63) is 71.9 Å². The second-order valence-corrected chi connectivity index (χ2v) is 11.2. The first-order chi connectivity index (χ1) is 16.8. The van der Waals surface area contributed by atoms with Gasteiger partial charge in [-0.15, -0.1) is 0 Å². The number of nitriles is 1. The van der Waals surface area contributed by atoms with Crippen molar-refractivity contribution in [3.8, 4) is 17.2 Å². The molecule has 1 aromatic heterocycles. The number of hydrogen-bond acceptors (Lipinski definition) is 5. The van der Waals surface area contributed by atoms with Crippen molar-refractivity contribution in [1.82, 2.24) is 14.2 Å². The van der Waals surface area contributed by atoms with Gasteiger partial charge in [-0.2, -0.15) is 9.57 Å². The lowest BCUT2D eigenvalue weighted by molar-refractivity contribution is 0.0699. The first kappa shape index (κ1) is 23.2. The molecule has 7 nitrogen and oxygen atoms in total. The zero-order valence-corrected chi connectivity index (χ0v) is 20.4. The van der Waals surface area contributed by atoms with Crippen LogP contribution in [0.3, 0.4) is 0 Å². The molecule has 2 aliphatic rings. The van der Waals surface area contributed by atoms with E-state index in [1.807, 2.05) is 42.5 Å². The lowest BCUT2D eigenvalue weighted by Crippen LogP contribution is -2.50. The fourth-order valence-corrected chi connectivity index (χ4v) is 5.58. The van der Waals surface area contributed by atoms with Crippen molar-refractivity contribution in [2.45, 2.75) is 18.3 Å². The molecular weight excluding hydrogens is 460 g/mol. The highest BCUT2D eigenvalue weighted by Crippen LogP contribution is 2.48. The summed E-state index contributed by atoms with van der Waals surface area (Å²) in [5.74, 6) is -0.175. The van der Waals surface area contributed by atoms with Gasteiger partial charge in [0.15, 0.2) is 0 Å². The van der Waals surface area contributed by atoms with E-state index < -0.39 is 10.0 Å². The molecule has 8 heteroatoms. The Morgan fingerprint density at radius 3 is 2.37 bits per heavy atom. The van der Waals surface area contributed by atoms with Gasteiger partial charge in [0.05, 0.1) is 28.8 Å². The van der Waals surface area contributed by atoms with Gasteiger partial charge >= 0.3 is 0 Å². The molecule has 0 radical (unpaired) electrons. The van der Waals surface area contributed by atoms with Gasteiger partial charge in [0.25, 0.3) is 5.91 Å². The molecule has 3 aromatic rings. The number of nitrogens with zero attached hydrogens (tertiary/aromatic N) is 4. The Morgan fingerprint density at radius 1 is 1.11 bits per heavy atom. The van der Waals surface area contributed by atoms with E-state index in [1.54, 1.807) is 17.2 Å². The van der Waals surface area contributed by atoms with Gasteiger partial charge in [-0.3, -0.25) is 9.78 Å². The van der Waals surface area contributed by atoms with Crippen molar-refractivity contribution in [1.29, 1.82) is 5.26 Å². The van der Waals surface area contributed by atoms with Gasteiger partial charge in [-0.25, -0.2) is 8.42 Å². The zero-order chi connectivity index (χ0) is 24.8. The molecule has 0 N–H and O–H groups in total. The molecule has 35 heavy (non-hydrogen) atoms. The van der Waals surface area contributed by atoms with Crippen LogP contribution in [-0.2, 0) is 15.4 Å². The number of fused-ring (bicyclic) bond motifs is 1. The lowest BCUT2D eigenvalue weighted by atomic mass is 9.91. The predicted octanol–water partition coefficient (Wildman–Crippen LogP) is 3.82. The molecule has 0 bridgehead atoms. The maximum Gasteiger partial charge on any atom is 0.256 e. The van der Waals surface area contributed by atoms with E-state index in [1.165, 1.54) is 10.6 Å². The summed E-state index contributed by atoms with van der Waals surface area (Å²) >= 11 is 0. The van der Waals surface area contributed by atoms with Gasteiger partial charge in [-0.1, -0.05) is 43.0 Å². The molecule has 178 valence electrons. The standard InChI is InChI=1S/C27H26N4O3S/c1-3-19-4-9-24-22(16-19)25(20-5-7-21(8-6-20)27(18-28)10-11-27)23(17-29-24)26(32)30-12-14-31(15-13-30)35(2,33)34/h3-9,16-17H,1,10-15H2,2H3. The predicted molar refractivity (Wildman–Crippen MR) is 136 cm³/mol. The first-order valence-corrected chi connectivity index (χ1v) is 13.4. The minimum absolute atomic E-state index is 0.175. The summed E-state index contributed by atoms with van der Waals surface area (Å²) in [6.07, 6.45) is 6.30. The van der Waals surface area contributed by atoms with Crippen molar-refractivity contribution < 1.29 is 13.2 Å². The van der Waals surface area contributed by atoms with Crippen molar-refractivity contribution in [2.24, 2.45) is 0 Å². The lowest BCUT2D eigenvalue weighted by Gasteiger charge is -2.33. The van der Waals surface area contributed by atoms with Crippen LogP contribution < -0.4 is 0 Å². The van der Waals surface area contributed by atoms with Crippen LogP contribution in [0.2, 0.25) is 0 Å². The fourth-order valence-electron chi connectivity index (χ4n) is 4.75. The molecular formula is C27H26N4O3S. The summed E-state index contributed by atoms with van der Waals surface area (Å²) in [5, 5.41) is 10.4. The highest BCUT2D eigenvalue weighted by Gasteiger charge is 2.44. The van der Waals surface area contributed by atoms with Gasteiger partial charge in [0.2, 0.25) is 10.0 Å². The van der Waals surface area contributed by atoms with Crippen LogP contribution in [-0.4, -0.2) is 60.9 Å². The van der Waals surface area contributed by atoms with Crippen LogP contribution >= 0.6 is 0 Å². The van der Waals surface area contributed by atoms with Gasteiger partial charge in [-0.05, 0) is 41.7 Å².